The number of primary amides is 1. The topological polar surface area (TPSA) is 503 Å². The van der Waals surface area contributed by atoms with Gasteiger partial charge in [-0.1, -0.05) is 54.6 Å². The number of fused-ring (bicyclic) bond motifs is 1. The van der Waals surface area contributed by atoms with E-state index in [0.717, 1.165) is 24.3 Å². The number of carbonyl (C=O) groups is 6. The summed E-state index contributed by atoms with van der Waals surface area (Å²) in [5.41, 5.74) is 43.0. The molecule has 0 saturated heterocycles. The van der Waals surface area contributed by atoms with Crippen molar-refractivity contribution in [1.82, 2.24) is 31.6 Å². The number of hydrogen-bond acceptors (Lipinski definition) is 14. The second kappa shape index (κ2) is 23.8. The number of guanidine groups is 4. The van der Waals surface area contributed by atoms with Gasteiger partial charge in [-0.15, -0.1) is 0 Å². The van der Waals surface area contributed by atoms with E-state index in [1.165, 1.54) is 42.5 Å². The van der Waals surface area contributed by atoms with E-state index < -0.39 is 143 Å². The van der Waals surface area contributed by atoms with Crippen LogP contribution in [0.25, 0.3) is 10.9 Å². The number of anilines is 1. The number of phenols is 1. The largest absolute Gasteiger partial charge is 0.508 e. The van der Waals surface area contributed by atoms with Crippen LogP contribution in [0.4, 0.5) is 32.0 Å². The molecular formula is C40H46F6N20O8. The van der Waals surface area contributed by atoms with Crippen molar-refractivity contribution in [3.63, 3.8) is 0 Å². The zero-order valence-electron chi connectivity index (χ0n) is 37.7. The van der Waals surface area contributed by atoms with Crippen LogP contribution in [-0.2, 0) is 47.7 Å². The summed E-state index contributed by atoms with van der Waals surface area (Å²) in [7, 11) is 0. The molecule has 6 unspecified atom stereocenters. The lowest BCUT2D eigenvalue weighted by Gasteiger charge is -2.32. The summed E-state index contributed by atoms with van der Waals surface area (Å²) in [5, 5.41) is 31.2. The van der Waals surface area contributed by atoms with E-state index in [0.29, 0.717) is 17.0 Å². The average Bonchev–Trinajstić information content (AvgIpc) is 3.30. The number of pyridine rings is 1. The number of aliphatic imine (C=N–C) groups is 4. The minimum Gasteiger partial charge on any atom is -0.508 e. The van der Waals surface area contributed by atoms with Crippen LogP contribution < -0.4 is 83.1 Å². The summed E-state index contributed by atoms with van der Waals surface area (Å²) in [4.78, 5) is 98.7. The fraction of sp³-hybridized carbons (Fsp3) is 0.225. The van der Waals surface area contributed by atoms with Crippen LogP contribution in [0.15, 0.2) is 98.8 Å². The van der Waals surface area contributed by atoms with Crippen molar-refractivity contribution in [2.75, 3.05) is 4.90 Å². The van der Waals surface area contributed by atoms with E-state index in [1.54, 1.807) is 0 Å². The van der Waals surface area contributed by atoms with Crippen LogP contribution in [-0.4, -0.2) is 105 Å². The molecule has 0 bridgehead atoms. The van der Waals surface area contributed by atoms with E-state index in [4.69, 9.17) is 51.6 Å². The zero-order chi connectivity index (χ0) is 55.4. The third-order valence-electron chi connectivity index (χ3n) is 9.47. The number of hydrogen-bond donors (Lipinski definition) is 16. The van der Waals surface area contributed by atoms with Gasteiger partial charge in [0, 0.05) is 11.9 Å². The fourth-order valence-corrected chi connectivity index (χ4v) is 6.34. The molecule has 0 aliphatic carbocycles. The van der Waals surface area contributed by atoms with Crippen LogP contribution in [0.1, 0.15) is 28.4 Å². The molecule has 0 spiro atoms. The molecule has 0 saturated carbocycles. The lowest BCUT2D eigenvalue weighted by Crippen LogP contribution is -2.58. The number of alkyl halides is 6. The monoisotopic (exact) mass is 1050 g/mol. The van der Waals surface area contributed by atoms with Crippen molar-refractivity contribution in [2.45, 2.75) is 55.8 Å². The quantitative estimate of drug-likeness (QED) is 0.0172. The Bertz CT molecular complexity index is 2850. The summed E-state index contributed by atoms with van der Waals surface area (Å²) < 4.78 is 85.8. The molecule has 6 amide bonds. The molecule has 4 aromatic rings. The van der Waals surface area contributed by atoms with Gasteiger partial charge in [0.1, 0.15) is 17.5 Å². The van der Waals surface area contributed by atoms with Crippen molar-refractivity contribution in [3.8, 4) is 5.75 Å². The van der Waals surface area contributed by atoms with Crippen LogP contribution in [0.5, 0.6) is 5.75 Å². The first kappa shape index (κ1) is 56.7. The summed E-state index contributed by atoms with van der Waals surface area (Å²) in [6.45, 7) is -0.746. The maximum absolute atomic E-state index is 14.4. The van der Waals surface area contributed by atoms with Crippen molar-refractivity contribution in [3.05, 3.63) is 101 Å². The van der Waals surface area contributed by atoms with Gasteiger partial charge in [0.2, 0.25) is 36.8 Å². The lowest BCUT2D eigenvalue weighted by molar-refractivity contribution is -0.142. The molecule has 1 heterocycles. The molecule has 3 aromatic carbocycles. The molecule has 34 heteroatoms. The standard InChI is InChI=1S/C40H46F6N20O8/c41-39(42,43)19-8-4-7-18-20(13-21(40(44,45)46)56-23(18)19)66(14-15-9-11-17(67)12-10-15)34(74)33(73)57-22(16-5-2-1-3-6-16)29(69)59-26(63-36(50)51)31(71)61-28(65-38(54)55)32(72)60-27(64-37(52)53)30(70)58-25(24(47)68)62-35(48)49/h1-13,22,25-28,34,67,74H,14H2,(H2,47,68)(H,57,73)(H,58,70)(H,59,69)(H,60,72)(H,61,71)(H4,48,49,62)(H4,50,51,63)(H4,52,53,64)(H4,54,55,65). The molecule has 25 N–H and O–H groups in total. The van der Waals surface area contributed by atoms with Gasteiger partial charge in [0.05, 0.1) is 16.8 Å². The number of halogens is 6. The summed E-state index contributed by atoms with van der Waals surface area (Å²) >= 11 is 0. The number of aromatic nitrogens is 1. The summed E-state index contributed by atoms with van der Waals surface area (Å²) in [6, 6.07) is 11.9. The number of benzene rings is 3. The number of phenolic OH excluding ortho intramolecular Hbond substituents is 1. The van der Waals surface area contributed by atoms with E-state index in [9.17, 15) is 65.3 Å². The third kappa shape index (κ3) is 15.6. The molecule has 396 valence electrons. The molecule has 0 radical (unpaired) electrons. The molecule has 74 heavy (non-hydrogen) atoms. The number of rotatable bonds is 20. The number of carbonyl (C=O) groups excluding carboxylic acids is 6. The van der Waals surface area contributed by atoms with Gasteiger partial charge in [0.25, 0.3) is 29.5 Å². The van der Waals surface area contributed by atoms with Crippen molar-refractivity contribution >= 4 is 75.9 Å². The maximum Gasteiger partial charge on any atom is 0.433 e. The highest BCUT2D eigenvalue weighted by atomic mass is 19.4. The molecule has 0 aliphatic heterocycles. The molecule has 1 aromatic heterocycles. The number of para-hydroxylation sites is 1. The number of aliphatic hydroxyl groups is 1. The normalized spacial score (nSPS) is 13.7. The number of nitrogens with one attached hydrogen (secondary N) is 5. The van der Waals surface area contributed by atoms with Gasteiger partial charge in [-0.05, 0) is 35.4 Å². The third-order valence-corrected chi connectivity index (χ3v) is 9.47. The van der Waals surface area contributed by atoms with E-state index in [1.807, 2.05) is 16.0 Å². The number of aliphatic hydroxyl groups excluding tert-OH is 1. The Kier molecular flexibility index (Phi) is 18.2. The highest BCUT2D eigenvalue weighted by Crippen LogP contribution is 2.41. The van der Waals surface area contributed by atoms with Gasteiger partial charge >= 0.3 is 12.4 Å². The minimum absolute atomic E-state index is 0.0749. The van der Waals surface area contributed by atoms with Gasteiger partial charge in [-0.25, -0.2) is 25.0 Å². The Labute approximate surface area is 411 Å². The van der Waals surface area contributed by atoms with Gasteiger partial charge in [-0.2, -0.15) is 26.3 Å². The fourth-order valence-electron chi connectivity index (χ4n) is 6.34. The Balaban J connectivity index is 1.74. The Morgan fingerprint density at radius 1 is 0.568 bits per heavy atom. The highest BCUT2D eigenvalue weighted by molar-refractivity contribution is 6.00. The number of amides is 6. The zero-order valence-corrected chi connectivity index (χ0v) is 37.7. The predicted molar refractivity (Wildman–Crippen MR) is 250 cm³/mol. The number of nitrogens with zero attached hydrogens (tertiary/aromatic N) is 6. The maximum atomic E-state index is 14.4. The molecular weight excluding hydrogens is 1000 g/mol. The van der Waals surface area contributed by atoms with Gasteiger partial charge in [0.15, 0.2) is 23.8 Å². The first-order valence-electron chi connectivity index (χ1n) is 20.5. The second-order valence-corrected chi connectivity index (χ2v) is 15.0. The van der Waals surface area contributed by atoms with Crippen molar-refractivity contribution in [2.24, 2.45) is 71.6 Å². The van der Waals surface area contributed by atoms with Crippen LogP contribution in [0.3, 0.4) is 0 Å². The molecule has 6 atom stereocenters. The van der Waals surface area contributed by atoms with Crippen LogP contribution >= 0.6 is 0 Å². The summed E-state index contributed by atoms with van der Waals surface area (Å²) in [5.74, 6) is -12.3. The molecule has 0 fully saturated rings. The minimum atomic E-state index is -5.39. The van der Waals surface area contributed by atoms with E-state index in [2.05, 4.69) is 35.6 Å². The lowest BCUT2D eigenvalue weighted by atomic mass is 10.0. The second-order valence-electron chi connectivity index (χ2n) is 15.0. The summed E-state index contributed by atoms with van der Waals surface area (Å²) in [6.07, 6.45) is -22.0. The van der Waals surface area contributed by atoms with Gasteiger partial charge < -0.3 is 93.3 Å². The van der Waals surface area contributed by atoms with E-state index in [-0.39, 0.29) is 16.9 Å². The smallest absolute Gasteiger partial charge is 0.433 e. The van der Waals surface area contributed by atoms with Crippen molar-refractivity contribution < 1.29 is 65.3 Å². The van der Waals surface area contributed by atoms with Gasteiger partial charge in [-0.3, -0.25) is 28.8 Å². The Morgan fingerprint density at radius 2 is 1.03 bits per heavy atom. The molecule has 0 aliphatic rings. The first-order valence-corrected chi connectivity index (χ1v) is 20.5. The Hall–Kier alpha value is -9.89. The number of aromatic hydroxyl groups is 1. The SMILES string of the molecule is NC(=O)C(N=C(N)N)NC(=O)C(N=C(N)N)NC(=O)C(N=C(N)N)NC(=O)C(N=C(N)N)NC(=O)C(NC(=O)C(O)N(Cc1ccc(O)cc1)c1cc(C(F)(F)F)nc2c(C(F)(F)F)cccc12)c1ccccc1. The Morgan fingerprint density at radius 3 is 1.47 bits per heavy atom. The number of nitrogens with two attached hydrogens (primary N) is 9. The molecule has 28 nitrogen and oxygen atoms in total. The molecule has 4 rings (SSSR count). The van der Waals surface area contributed by atoms with Crippen molar-refractivity contribution in [1.29, 1.82) is 0 Å². The van der Waals surface area contributed by atoms with E-state index >= 15 is 0 Å². The highest BCUT2D eigenvalue weighted by Gasteiger charge is 2.40. The average molecular weight is 1050 g/mol. The van der Waals surface area contributed by atoms with Crippen LogP contribution in [0.2, 0.25) is 0 Å². The predicted octanol–water partition coefficient (Wildman–Crippen LogP) is -4.49. The van der Waals surface area contributed by atoms with Crippen LogP contribution in [0, 0.1) is 0 Å². The first-order chi connectivity index (χ1) is 34.5.